The number of carboxylic acids is 1. The van der Waals surface area contributed by atoms with Gasteiger partial charge in [0, 0.05) is 39.6 Å². The Bertz CT molecular complexity index is 1570. The van der Waals surface area contributed by atoms with Crippen molar-refractivity contribution in [2.24, 2.45) is 11.8 Å². The lowest BCUT2D eigenvalue weighted by Crippen LogP contribution is -2.57. The molecule has 2 aliphatic heterocycles. The number of phenolic OH excluding ortho intramolecular Hbond substituents is 1. The summed E-state index contributed by atoms with van der Waals surface area (Å²) in [5.74, 6) is -4.60. The van der Waals surface area contributed by atoms with Crippen LogP contribution in [-0.4, -0.2) is 38.5 Å². The molecule has 6 rings (SSSR count). The van der Waals surface area contributed by atoms with Gasteiger partial charge in [-0.3, -0.25) is 19.7 Å². The van der Waals surface area contributed by atoms with Gasteiger partial charge in [0.05, 0.1) is 17.5 Å². The first-order chi connectivity index (χ1) is 17.8. The number of carboxylic acid groups (broad SMARTS) is 1. The van der Waals surface area contributed by atoms with Crippen LogP contribution >= 0.6 is 15.9 Å². The highest BCUT2D eigenvalue weighted by Gasteiger charge is 2.69. The molecular formula is C28H22BrN3O5. The van der Waals surface area contributed by atoms with E-state index in [0.29, 0.717) is 16.8 Å². The molecule has 4 atom stereocenters. The first-order valence-electron chi connectivity index (χ1n) is 11.8. The first-order valence-corrected chi connectivity index (χ1v) is 12.6. The van der Waals surface area contributed by atoms with Crippen molar-refractivity contribution < 1.29 is 24.6 Å². The van der Waals surface area contributed by atoms with Crippen LogP contribution in [-0.2, 0) is 20.8 Å². The maximum absolute atomic E-state index is 14.0. The minimum Gasteiger partial charge on any atom is -0.508 e. The van der Waals surface area contributed by atoms with E-state index < -0.39 is 41.2 Å². The molecule has 0 spiro atoms. The lowest BCUT2D eigenvalue weighted by atomic mass is 9.76. The molecule has 3 heterocycles. The predicted molar refractivity (Wildman–Crippen MR) is 140 cm³/mol. The van der Waals surface area contributed by atoms with Crippen molar-refractivity contribution in [1.29, 1.82) is 0 Å². The van der Waals surface area contributed by atoms with Crippen LogP contribution in [0.2, 0.25) is 0 Å². The van der Waals surface area contributed by atoms with Crippen LogP contribution in [0.3, 0.4) is 0 Å². The van der Waals surface area contributed by atoms with Gasteiger partial charge in [0.15, 0.2) is 0 Å². The molecule has 4 N–H and O–H groups in total. The number of aromatic nitrogens is 1. The molecule has 0 radical (unpaired) electrons. The fraction of sp³-hybridized carbons (Fsp3) is 0.179. The Morgan fingerprint density at radius 2 is 1.68 bits per heavy atom. The fourth-order valence-electron chi connectivity index (χ4n) is 5.88. The number of aromatic hydroxyl groups is 1. The first kappa shape index (κ1) is 23.4. The van der Waals surface area contributed by atoms with E-state index >= 15 is 0 Å². The maximum atomic E-state index is 14.0. The summed E-state index contributed by atoms with van der Waals surface area (Å²) in [6, 6.07) is 19.9. The number of rotatable bonds is 5. The van der Waals surface area contributed by atoms with E-state index in [9.17, 15) is 24.6 Å². The largest absolute Gasteiger partial charge is 0.508 e. The number of amides is 2. The summed E-state index contributed by atoms with van der Waals surface area (Å²) in [5.41, 5.74) is 0.507. The fourth-order valence-corrected chi connectivity index (χ4v) is 6.14. The van der Waals surface area contributed by atoms with Gasteiger partial charge in [0.1, 0.15) is 11.3 Å². The Morgan fingerprint density at radius 3 is 2.41 bits per heavy atom. The summed E-state index contributed by atoms with van der Waals surface area (Å²) >= 11 is 3.36. The van der Waals surface area contributed by atoms with Crippen molar-refractivity contribution in [2.75, 3.05) is 4.90 Å². The summed E-state index contributed by atoms with van der Waals surface area (Å²) < 4.78 is 0.781. The topological polar surface area (TPSA) is 123 Å². The number of para-hydroxylation sites is 2. The van der Waals surface area contributed by atoms with Gasteiger partial charge in [-0.2, -0.15) is 0 Å². The molecule has 9 heteroatoms. The van der Waals surface area contributed by atoms with Crippen LogP contribution in [0, 0.1) is 11.8 Å². The minimum absolute atomic E-state index is 0.0369. The third-order valence-corrected chi connectivity index (χ3v) is 8.07. The summed E-state index contributed by atoms with van der Waals surface area (Å²) in [4.78, 5) is 45.2. The molecule has 1 aromatic heterocycles. The standard InChI is InChI=1S/C28H22BrN3O5/c29-16-9-11-17(12-10-16)32-25(34)22-23(26(32)35)28(27(36)37,31-24(22)19-6-2-4-8-21(19)33)13-15-14-30-20-7-3-1-5-18(15)20/h1-12,14,22-24,30-31,33H,13H2,(H,36,37)/t22-,23+,24-,28-/m0/s1. The lowest BCUT2D eigenvalue weighted by molar-refractivity contribution is -0.148. The number of aliphatic carboxylic acids is 1. The second-order valence-corrected chi connectivity index (χ2v) is 10.4. The molecule has 8 nitrogen and oxygen atoms in total. The normalized spacial score (nSPS) is 25.1. The van der Waals surface area contributed by atoms with E-state index in [1.807, 2.05) is 24.3 Å². The zero-order valence-corrected chi connectivity index (χ0v) is 21.0. The van der Waals surface area contributed by atoms with Crippen molar-refractivity contribution in [2.45, 2.75) is 18.0 Å². The number of benzene rings is 3. The van der Waals surface area contributed by atoms with Gasteiger partial charge in [-0.05, 0) is 42.0 Å². The van der Waals surface area contributed by atoms with E-state index in [-0.39, 0.29) is 12.2 Å². The van der Waals surface area contributed by atoms with Gasteiger partial charge < -0.3 is 15.2 Å². The van der Waals surface area contributed by atoms with Crippen LogP contribution in [0.15, 0.2) is 83.5 Å². The molecule has 0 unspecified atom stereocenters. The summed E-state index contributed by atoms with van der Waals surface area (Å²) in [5, 5.41) is 25.3. The third kappa shape index (κ3) is 3.49. The van der Waals surface area contributed by atoms with Crippen molar-refractivity contribution in [3.05, 3.63) is 94.6 Å². The number of imide groups is 1. The third-order valence-electron chi connectivity index (χ3n) is 7.54. The molecule has 4 aromatic rings. The van der Waals surface area contributed by atoms with Gasteiger partial charge >= 0.3 is 5.97 Å². The summed E-state index contributed by atoms with van der Waals surface area (Å²) in [6.07, 6.45) is 1.71. The second kappa shape index (κ2) is 8.57. The highest BCUT2D eigenvalue weighted by Crippen LogP contribution is 2.52. The molecule has 2 amide bonds. The Labute approximate surface area is 220 Å². The average Bonchev–Trinajstić information content (AvgIpc) is 3.53. The minimum atomic E-state index is -1.79. The Balaban J connectivity index is 1.52. The molecule has 2 aliphatic rings. The van der Waals surface area contributed by atoms with Crippen LogP contribution in [0.25, 0.3) is 10.9 Å². The van der Waals surface area contributed by atoms with Crippen molar-refractivity contribution in [1.82, 2.24) is 10.3 Å². The molecular weight excluding hydrogens is 538 g/mol. The molecule has 2 saturated heterocycles. The number of halogens is 1. The van der Waals surface area contributed by atoms with Crippen molar-refractivity contribution in [3.8, 4) is 5.75 Å². The molecule has 0 saturated carbocycles. The van der Waals surface area contributed by atoms with Gasteiger partial charge in [0.2, 0.25) is 11.8 Å². The number of anilines is 1. The van der Waals surface area contributed by atoms with Crippen LogP contribution in [0.4, 0.5) is 5.69 Å². The highest BCUT2D eigenvalue weighted by molar-refractivity contribution is 9.10. The number of nitrogens with zero attached hydrogens (tertiary/aromatic N) is 1. The van der Waals surface area contributed by atoms with Crippen LogP contribution < -0.4 is 10.2 Å². The average molecular weight is 560 g/mol. The molecule has 0 bridgehead atoms. The number of aromatic amines is 1. The van der Waals surface area contributed by atoms with E-state index in [2.05, 4.69) is 26.2 Å². The molecule has 3 aromatic carbocycles. The van der Waals surface area contributed by atoms with Crippen LogP contribution in [0.1, 0.15) is 17.2 Å². The number of hydrogen-bond donors (Lipinski definition) is 4. The Morgan fingerprint density at radius 1 is 0.973 bits per heavy atom. The molecule has 186 valence electrons. The van der Waals surface area contributed by atoms with Crippen LogP contribution in [0.5, 0.6) is 5.75 Å². The SMILES string of the molecule is O=C1[C@@H]2[C@H](c3ccccc3O)N[C@](Cc3c[nH]c4ccccc34)(C(=O)O)[C@H]2C(=O)N1c1ccc(Br)cc1. The number of carbonyl (C=O) groups is 3. The summed E-state index contributed by atoms with van der Waals surface area (Å²) in [6.45, 7) is 0. The van der Waals surface area contributed by atoms with Crippen molar-refractivity contribution in [3.63, 3.8) is 0 Å². The van der Waals surface area contributed by atoms with E-state index in [4.69, 9.17) is 0 Å². The van der Waals surface area contributed by atoms with E-state index in [1.54, 1.807) is 48.7 Å². The second-order valence-electron chi connectivity index (χ2n) is 9.49. The number of nitrogens with one attached hydrogen (secondary N) is 2. The smallest absolute Gasteiger partial charge is 0.325 e. The maximum Gasteiger partial charge on any atom is 0.325 e. The predicted octanol–water partition coefficient (Wildman–Crippen LogP) is 4.15. The Hall–Kier alpha value is -3.95. The number of fused-ring (bicyclic) bond motifs is 2. The monoisotopic (exact) mass is 559 g/mol. The van der Waals surface area contributed by atoms with E-state index in [0.717, 1.165) is 20.3 Å². The van der Waals surface area contributed by atoms with Crippen molar-refractivity contribution >= 4 is 50.3 Å². The number of H-pyrrole nitrogens is 1. The van der Waals surface area contributed by atoms with Gasteiger partial charge in [-0.1, -0.05) is 52.3 Å². The lowest BCUT2D eigenvalue weighted by Gasteiger charge is -2.31. The highest BCUT2D eigenvalue weighted by atomic mass is 79.9. The summed E-state index contributed by atoms with van der Waals surface area (Å²) in [7, 11) is 0. The Kier molecular flexibility index (Phi) is 5.43. The van der Waals surface area contributed by atoms with Gasteiger partial charge in [-0.15, -0.1) is 0 Å². The number of phenols is 1. The van der Waals surface area contributed by atoms with Gasteiger partial charge in [-0.25, -0.2) is 4.90 Å². The van der Waals surface area contributed by atoms with Gasteiger partial charge in [0.25, 0.3) is 0 Å². The quantitative estimate of drug-likeness (QED) is 0.272. The molecule has 37 heavy (non-hydrogen) atoms. The molecule has 2 fully saturated rings. The van der Waals surface area contributed by atoms with E-state index in [1.165, 1.54) is 6.07 Å². The molecule has 0 aliphatic carbocycles. The number of hydrogen-bond acceptors (Lipinski definition) is 5. The zero-order chi connectivity index (χ0) is 25.9. The zero-order valence-electron chi connectivity index (χ0n) is 19.4. The number of carbonyl (C=O) groups excluding carboxylic acids is 2.